The Morgan fingerprint density at radius 3 is 2.50 bits per heavy atom. The lowest BCUT2D eigenvalue weighted by Gasteiger charge is -2.05. The minimum atomic E-state index is -3.36. The third-order valence-corrected chi connectivity index (χ3v) is 4.47. The number of hydrogen-bond acceptors (Lipinski definition) is 4. The maximum Gasteiger partial charge on any atom is 0.184 e. The van der Waals surface area contributed by atoms with E-state index < -0.39 is 9.84 Å². The minimum absolute atomic E-state index is 0.122. The van der Waals surface area contributed by atoms with Crippen molar-refractivity contribution in [2.75, 3.05) is 0 Å². The summed E-state index contributed by atoms with van der Waals surface area (Å²) in [7, 11) is -1.70. The van der Waals surface area contributed by atoms with E-state index in [-0.39, 0.29) is 5.75 Å². The summed E-state index contributed by atoms with van der Waals surface area (Å²) in [5.74, 6) is -0.122. The van der Waals surface area contributed by atoms with Crippen LogP contribution < -0.4 is 0 Å². The normalized spacial score (nSPS) is 11.7. The third kappa shape index (κ3) is 2.59. The van der Waals surface area contributed by atoms with Gasteiger partial charge in [-0.2, -0.15) is 15.0 Å². The highest BCUT2D eigenvalue weighted by molar-refractivity contribution is 7.90. The molecule has 0 aliphatic heterocycles. The van der Waals surface area contributed by atoms with Crippen LogP contribution in [-0.2, 0) is 22.6 Å². The van der Waals surface area contributed by atoms with Crippen molar-refractivity contribution < 1.29 is 8.42 Å². The molecule has 0 spiro atoms. The summed E-state index contributed by atoms with van der Waals surface area (Å²) in [5.41, 5.74) is 2.50. The first-order chi connectivity index (χ1) is 8.38. The molecule has 0 aliphatic rings. The Morgan fingerprint density at radius 1 is 1.22 bits per heavy atom. The Balaban J connectivity index is 2.33. The average molecular weight is 265 g/mol. The Kier molecular flexibility index (Phi) is 3.21. The molecule has 0 amide bonds. The number of hydrogen-bond donors (Lipinski definition) is 0. The highest BCUT2D eigenvalue weighted by Gasteiger charge is 2.17. The van der Waals surface area contributed by atoms with E-state index in [1.54, 1.807) is 19.2 Å². The van der Waals surface area contributed by atoms with Gasteiger partial charge in [-0.3, -0.25) is 0 Å². The van der Waals surface area contributed by atoms with Gasteiger partial charge in [0.05, 0.1) is 16.8 Å². The van der Waals surface area contributed by atoms with E-state index in [2.05, 4.69) is 10.2 Å². The molecule has 96 valence electrons. The van der Waals surface area contributed by atoms with Gasteiger partial charge in [-0.1, -0.05) is 6.07 Å². The quantitative estimate of drug-likeness (QED) is 0.841. The molecular weight excluding hydrogens is 250 g/mol. The first-order valence-electron chi connectivity index (χ1n) is 5.54. The summed E-state index contributed by atoms with van der Waals surface area (Å²) in [6.45, 7) is 3.85. The molecule has 0 fully saturated rings. The van der Waals surface area contributed by atoms with Crippen molar-refractivity contribution in [1.29, 1.82) is 0 Å². The second-order valence-electron chi connectivity index (χ2n) is 4.33. The molecule has 2 aromatic rings. The summed E-state index contributed by atoms with van der Waals surface area (Å²) in [6, 6.07) is 5.15. The summed E-state index contributed by atoms with van der Waals surface area (Å²) in [4.78, 5) is 1.68. The summed E-state index contributed by atoms with van der Waals surface area (Å²) < 4.78 is 24.4. The van der Waals surface area contributed by atoms with E-state index in [1.165, 1.54) is 11.0 Å². The van der Waals surface area contributed by atoms with Crippen LogP contribution in [-0.4, -0.2) is 23.4 Å². The first kappa shape index (κ1) is 12.8. The number of benzene rings is 1. The Hall–Kier alpha value is -1.69. The van der Waals surface area contributed by atoms with Gasteiger partial charge in [0, 0.05) is 7.05 Å². The van der Waals surface area contributed by atoms with Crippen LogP contribution in [0.3, 0.4) is 0 Å². The van der Waals surface area contributed by atoms with E-state index in [0.29, 0.717) is 10.6 Å². The van der Waals surface area contributed by atoms with Gasteiger partial charge in [-0.15, -0.1) is 0 Å². The van der Waals surface area contributed by atoms with Crippen LogP contribution in [0.25, 0.3) is 0 Å². The molecule has 0 aliphatic carbocycles. The molecule has 0 atom stereocenters. The first-order valence-corrected chi connectivity index (χ1v) is 7.19. The fraction of sp³-hybridized carbons (Fsp3) is 0.333. The highest BCUT2D eigenvalue weighted by Crippen LogP contribution is 2.18. The zero-order chi connectivity index (χ0) is 13.3. The van der Waals surface area contributed by atoms with Crippen LogP contribution in [0, 0.1) is 13.8 Å². The smallest absolute Gasteiger partial charge is 0.184 e. The van der Waals surface area contributed by atoms with E-state index in [0.717, 1.165) is 11.1 Å². The molecule has 0 N–H and O–H groups in total. The molecule has 18 heavy (non-hydrogen) atoms. The Labute approximate surface area is 106 Å². The molecule has 0 saturated carbocycles. The summed E-state index contributed by atoms with van der Waals surface area (Å²) in [6.07, 6.45) is 1.47. The van der Waals surface area contributed by atoms with Crippen molar-refractivity contribution in [3.63, 3.8) is 0 Å². The van der Waals surface area contributed by atoms with Crippen molar-refractivity contribution in [3.8, 4) is 0 Å². The number of aryl methyl sites for hydroxylation is 3. The van der Waals surface area contributed by atoms with Gasteiger partial charge in [0.25, 0.3) is 0 Å². The lowest BCUT2D eigenvalue weighted by Crippen LogP contribution is -2.06. The van der Waals surface area contributed by atoms with Gasteiger partial charge >= 0.3 is 0 Å². The predicted octanol–water partition coefficient (Wildman–Crippen LogP) is 1.41. The fourth-order valence-corrected chi connectivity index (χ4v) is 2.96. The van der Waals surface area contributed by atoms with Crippen molar-refractivity contribution >= 4 is 9.84 Å². The van der Waals surface area contributed by atoms with Crippen LogP contribution in [0.15, 0.2) is 29.3 Å². The lowest BCUT2D eigenvalue weighted by atomic mass is 10.1. The predicted molar refractivity (Wildman–Crippen MR) is 67.8 cm³/mol. The standard InChI is InChI=1S/C12H15N3O2S/c1-9-4-5-12(6-10(9)2)18(16,17)8-11-7-13-15(3)14-11/h4-7H,8H2,1-3H3. The molecule has 6 heteroatoms. The van der Waals surface area contributed by atoms with E-state index in [9.17, 15) is 8.42 Å². The van der Waals surface area contributed by atoms with Gasteiger partial charge < -0.3 is 0 Å². The van der Waals surface area contributed by atoms with Gasteiger partial charge in [0.15, 0.2) is 9.84 Å². The molecule has 0 unspecified atom stereocenters. The molecule has 1 aromatic heterocycles. The number of nitrogens with zero attached hydrogens (tertiary/aromatic N) is 3. The van der Waals surface area contributed by atoms with Gasteiger partial charge in [-0.25, -0.2) is 8.42 Å². The third-order valence-electron chi connectivity index (χ3n) is 2.82. The van der Waals surface area contributed by atoms with Crippen LogP contribution in [0.1, 0.15) is 16.8 Å². The van der Waals surface area contributed by atoms with Gasteiger partial charge in [0.1, 0.15) is 5.75 Å². The number of sulfone groups is 1. The number of rotatable bonds is 3. The largest absolute Gasteiger partial charge is 0.223 e. The van der Waals surface area contributed by atoms with Gasteiger partial charge in [-0.05, 0) is 37.1 Å². The molecular formula is C12H15N3O2S. The monoisotopic (exact) mass is 265 g/mol. The topological polar surface area (TPSA) is 64.8 Å². The minimum Gasteiger partial charge on any atom is -0.223 e. The zero-order valence-electron chi connectivity index (χ0n) is 10.6. The fourth-order valence-electron chi connectivity index (χ4n) is 1.64. The highest BCUT2D eigenvalue weighted by atomic mass is 32.2. The van der Waals surface area contributed by atoms with Crippen LogP contribution in [0.2, 0.25) is 0 Å². The maximum absolute atomic E-state index is 12.2. The van der Waals surface area contributed by atoms with Gasteiger partial charge in [0.2, 0.25) is 0 Å². The number of aromatic nitrogens is 3. The molecule has 2 rings (SSSR count). The molecule has 0 radical (unpaired) electrons. The maximum atomic E-state index is 12.2. The SMILES string of the molecule is Cc1ccc(S(=O)(=O)Cc2cnn(C)n2)cc1C. The summed E-state index contributed by atoms with van der Waals surface area (Å²) >= 11 is 0. The van der Waals surface area contributed by atoms with Crippen molar-refractivity contribution in [3.05, 3.63) is 41.2 Å². The van der Waals surface area contributed by atoms with E-state index >= 15 is 0 Å². The lowest BCUT2D eigenvalue weighted by molar-refractivity contribution is 0.593. The van der Waals surface area contributed by atoms with Crippen LogP contribution >= 0.6 is 0 Å². The van der Waals surface area contributed by atoms with Crippen LogP contribution in [0.4, 0.5) is 0 Å². The molecule has 0 saturated heterocycles. The van der Waals surface area contributed by atoms with E-state index in [1.807, 2.05) is 19.9 Å². The van der Waals surface area contributed by atoms with Crippen molar-refractivity contribution in [2.24, 2.45) is 7.05 Å². The Morgan fingerprint density at radius 2 is 1.94 bits per heavy atom. The molecule has 1 aromatic carbocycles. The molecule has 0 bridgehead atoms. The van der Waals surface area contributed by atoms with Crippen LogP contribution in [0.5, 0.6) is 0 Å². The second kappa shape index (κ2) is 4.53. The zero-order valence-corrected chi connectivity index (χ0v) is 11.4. The Bertz CT molecular complexity index is 674. The summed E-state index contributed by atoms with van der Waals surface area (Å²) in [5, 5.41) is 7.85. The van der Waals surface area contributed by atoms with Crippen molar-refractivity contribution in [2.45, 2.75) is 24.5 Å². The van der Waals surface area contributed by atoms with Crippen molar-refractivity contribution in [1.82, 2.24) is 15.0 Å². The average Bonchev–Trinajstić information content (AvgIpc) is 2.67. The second-order valence-corrected chi connectivity index (χ2v) is 6.32. The molecule has 5 nitrogen and oxygen atoms in total. The molecule has 1 heterocycles. The van der Waals surface area contributed by atoms with E-state index in [4.69, 9.17) is 0 Å².